The van der Waals surface area contributed by atoms with Gasteiger partial charge in [0.15, 0.2) is 0 Å². The molecule has 8 heteroatoms. The number of benzene rings is 1. The predicted molar refractivity (Wildman–Crippen MR) is 108 cm³/mol. The molecule has 1 atom stereocenters. The number of imide groups is 1. The van der Waals surface area contributed by atoms with E-state index in [1.165, 1.54) is 0 Å². The quantitative estimate of drug-likeness (QED) is 0.674. The average molecular weight is 402 g/mol. The van der Waals surface area contributed by atoms with E-state index in [9.17, 15) is 14.4 Å². The van der Waals surface area contributed by atoms with E-state index in [1.807, 2.05) is 14.1 Å². The van der Waals surface area contributed by atoms with Gasteiger partial charge in [0.2, 0.25) is 5.91 Å². The van der Waals surface area contributed by atoms with Crippen molar-refractivity contribution in [1.29, 1.82) is 0 Å². The van der Waals surface area contributed by atoms with Crippen molar-refractivity contribution in [2.75, 3.05) is 34.3 Å². The molecule has 0 radical (unpaired) electrons. The normalized spacial score (nSPS) is 23.4. The van der Waals surface area contributed by atoms with Crippen LogP contribution in [0.2, 0.25) is 0 Å². The number of amides is 4. The van der Waals surface area contributed by atoms with E-state index in [2.05, 4.69) is 15.5 Å². The number of nitrogens with one attached hydrogen (secondary N) is 2. The fourth-order valence-corrected chi connectivity index (χ4v) is 4.24. The van der Waals surface area contributed by atoms with E-state index in [0.717, 1.165) is 30.6 Å². The third-order valence-electron chi connectivity index (χ3n) is 6.34. The standard InChI is InChI=1S/C21H30N4O4/c1-20(15-7-9-16(29-4)10-8-15)18(27)25(19(28)23-20)13-17(26)22-14-21(24(2)3)11-5-6-12-21/h7-10H,5-6,11-14H2,1-4H3,(H,22,26)(H,23,28). The molecule has 1 aromatic rings. The van der Waals surface area contributed by atoms with Crippen molar-refractivity contribution in [1.82, 2.24) is 20.4 Å². The molecule has 1 heterocycles. The maximum absolute atomic E-state index is 13.0. The topological polar surface area (TPSA) is 91.0 Å². The van der Waals surface area contributed by atoms with Crippen LogP contribution in [0, 0.1) is 0 Å². The van der Waals surface area contributed by atoms with Crippen LogP contribution in [0.5, 0.6) is 5.75 Å². The van der Waals surface area contributed by atoms with Gasteiger partial charge in [-0.25, -0.2) is 4.79 Å². The van der Waals surface area contributed by atoms with Gasteiger partial charge in [0, 0.05) is 12.1 Å². The zero-order valence-electron chi connectivity index (χ0n) is 17.6. The van der Waals surface area contributed by atoms with Gasteiger partial charge in [0.25, 0.3) is 5.91 Å². The zero-order valence-corrected chi connectivity index (χ0v) is 17.6. The van der Waals surface area contributed by atoms with Crippen LogP contribution in [0.25, 0.3) is 0 Å². The molecule has 0 spiro atoms. The Morgan fingerprint density at radius 2 is 1.83 bits per heavy atom. The van der Waals surface area contributed by atoms with Crippen molar-refractivity contribution < 1.29 is 19.1 Å². The summed E-state index contributed by atoms with van der Waals surface area (Å²) in [6.07, 6.45) is 4.33. The summed E-state index contributed by atoms with van der Waals surface area (Å²) in [5.41, 5.74) is -0.623. The third-order valence-corrected chi connectivity index (χ3v) is 6.34. The maximum Gasteiger partial charge on any atom is 0.325 e. The lowest BCUT2D eigenvalue weighted by Gasteiger charge is -2.36. The van der Waals surface area contributed by atoms with Crippen LogP contribution in [-0.4, -0.2) is 67.5 Å². The lowest BCUT2D eigenvalue weighted by atomic mass is 9.92. The Kier molecular flexibility index (Phi) is 5.84. The number of urea groups is 1. The van der Waals surface area contributed by atoms with E-state index in [1.54, 1.807) is 38.3 Å². The molecule has 1 aliphatic heterocycles. The first-order chi connectivity index (χ1) is 13.7. The molecular weight excluding hydrogens is 372 g/mol. The van der Waals surface area contributed by atoms with Crippen LogP contribution in [-0.2, 0) is 15.1 Å². The molecule has 0 aromatic heterocycles. The van der Waals surface area contributed by atoms with Crippen LogP contribution in [0.4, 0.5) is 4.79 Å². The first-order valence-electron chi connectivity index (χ1n) is 9.95. The summed E-state index contributed by atoms with van der Waals surface area (Å²) >= 11 is 0. The summed E-state index contributed by atoms with van der Waals surface area (Å²) in [7, 11) is 5.61. The highest BCUT2D eigenvalue weighted by Crippen LogP contribution is 2.33. The number of ether oxygens (including phenoxy) is 1. The van der Waals surface area contributed by atoms with Gasteiger partial charge < -0.3 is 20.3 Å². The molecule has 1 saturated carbocycles. The number of hydrogen-bond acceptors (Lipinski definition) is 5. The van der Waals surface area contributed by atoms with E-state index < -0.39 is 17.5 Å². The molecule has 2 aliphatic rings. The molecule has 1 aliphatic carbocycles. The molecule has 2 N–H and O–H groups in total. The Morgan fingerprint density at radius 3 is 2.38 bits per heavy atom. The molecule has 2 fully saturated rings. The number of carbonyl (C=O) groups is 3. The molecule has 3 rings (SSSR count). The van der Waals surface area contributed by atoms with Crippen LogP contribution in [0.1, 0.15) is 38.2 Å². The van der Waals surface area contributed by atoms with Crippen molar-refractivity contribution in [3.63, 3.8) is 0 Å². The Hall–Kier alpha value is -2.61. The second-order valence-electron chi connectivity index (χ2n) is 8.28. The van der Waals surface area contributed by atoms with Crippen molar-refractivity contribution in [2.45, 2.75) is 43.7 Å². The molecule has 1 saturated heterocycles. The summed E-state index contributed by atoms with van der Waals surface area (Å²) in [6.45, 7) is 1.87. The minimum absolute atomic E-state index is 0.0510. The monoisotopic (exact) mass is 402 g/mol. The predicted octanol–water partition coefficient (Wildman–Crippen LogP) is 1.45. The summed E-state index contributed by atoms with van der Waals surface area (Å²) in [4.78, 5) is 41.1. The van der Waals surface area contributed by atoms with Crippen LogP contribution >= 0.6 is 0 Å². The van der Waals surface area contributed by atoms with Crippen molar-refractivity contribution in [2.24, 2.45) is 0 Å². The highest BCUT2D eigenvalue weighted by atomic mass is 16.5. The van der Waals surface area contributed by atoms with Gasteiger partial charge in [-0.3, -0.25) is 14.5 Å². The smallest absolute Gasteiger partial charge is 0.325 e. The molecule has 1 aromatic carbocycles. The van der Waals surface area contributed by atoms with Crippen molar-refractivity contribution in [3.8, 4) is 5.75 Å². The first kappa shape index (κ1) is 21.1. The maximum atomic E-state index is 13.0. The number of likely N-dealkylation sites (N-methyl/N-ethyl adjacent to an activating group) is 1. The van der Waals surface area contributed by atoms with Crippen LogP contribution < -0.4 is 15.4 Å². The van der Waals surface area contributed by atoms with E-state index in [4.69, 9.17) is 4.74 Å². The minimum atomic E-state index is -1.21. The summed E-state index contributed by atoms with van der Waals surface area (Å²) in [5.74, 6) is -0.112. The van der Waals surface area contributed by atoms with Gasteiger partial charge >= 0.3 is 6.03 Å². The third kappa shape index (κ3) is 3.94. The molecule has 29 heavy (non-hydrogen) atoms. The Labute approximate surface area is 171 Å². The molecule has 1 unspecified atom stereocenters. The fraction of sp³-hybridized carbons (Fsp3) is 0.571. The lowest BCUT2D eigenvalue weighted by molar-refractivity contribution is -0.135. The highest BCUT2D eigenvalue weighted by molar-refractivity contribution is 6.09. The molecule has 0 bridgehead atoms. The van der Waals surface area contributed by atoms with Crippen LogP contribution in [0.3, 0.4) is 0 Å². The number of hydrogen-bond donors (Lipinski definition) is 2. The zero-order chi connectivity index (χ0) is 21.2. The van der Waals surface area contributed by atoms with E-state index >= 15 is 0 Å². The van der Waals surface area contributed by atoms with Crippen LogP contribution in [0.15, 0.2) is 24.3 Å². The van der Waals surface area contributed by atoms with E-state index in [-0.39, 0.29) is 18.0 Å². The highest BCUT2D eigenvalue weighted by Gasteiger charge is 2.49. The summed E-state index contributed by atoms with van der Waals surface area (Å²) in [6, 6.07) is 6.38. The Balaban J connectivity index is 1.65. The van der Waals surface area contributed by atoms with Gasteiger partial charge in [0.05, 0.1) is 7.11 Å². The Morgan fingerprint density at radius 1 is 1.21 bits per heavy atom. The molecular formula is C21H30N4O4. The second kappa shape index (κ2) is 8.02. The fourth-order valence-electron chi connectivity index (χ4n) is 4.24. The van der Waals surface area contributed by atoms with Gasteiger partial charge in [-0.2, -0.15) is 0 Å². The number of nitrogens with zero attached hydrogens (tertiary/aromatic N) is 2. The van der Waals surface area contributed by atoms with Gasteiger partial charge in [-0.15, -0.1) is 0 Å². The summed E-state index contributed by atoms with van der Waals surface area (Å²) in [5, 5.41) is 5.65. The number of carbonyl (C=O) groups excluding carboxylic acids is 3. The SMILES string of the molecule is COc1ccc(C2(C)NC(=O)N(CC(=O)NCC3(N(C)C)CCCC3)C2=O)cc1. The number of methoxy groups -OCH3 is 1. The van der Waals surface area contributed by atoms with E-state index in [0.29, 0.717) is 17.9 Å². The lowest BCUT2D eigenvalue weighted by Crippen LogP contribution is -2.52. The first-order valence-corrected chi connectivity index (χ1v) is 9.95. The summed E-state index contributed by atoms with van der Waals surface area (Å²) < 4.78 is 5.14. The second-order valence-corrected chi connectivity index (χ2v) is 8.28. The van der Waals surface area contributed by atoms with Gasteiger partial charge in [-0.05, 0) is 51.6 Å². The number of rotatable bonds is 7. The largest absolute Gasteiger partial charge is 0.497 e. The minimum Gasteiger partial charge on any atom is -0.497 e. The van der Waals surface area contributed by atoms with Crippen molar-refractivity contribution >= 4 is 17.8 Å². The Bertz CT molecular complexity index is 786. The van der Waals surface area contributed by atoms with Crippen molar-refractivity contribution in [3.05, 3.63) is 29.8 Å². The average Bonchev–Trinajstić information content (AvgIpc) is 3.27. The molecule has 4 amide bonds. The van der Waals surface area contributed by atoms with Gasteiger partial charge in [-0.1, -0.05) is 25.0 Å². The molecule has 158 valence electrons. The van der Waals surface area contributed by atoms with Gasteiger partial charge in [0.1, 0.15) is 17.8 Å². The molecule has 8 nitrogen and oxygen atoms in total.